The summed E-state index contributed by atoms with van der Waals surface area (Å²) in [6.45, 7) is 9.32. The van der Waals surface area contributed by atoms with E-state index in [4.69, 9.17) is 5.73 Å². The summed E-state index contributed by atoms with van der Waals surface area (Å²) in [5, 5.41) is 0. The van der Waals surface area contributed by atoms with Crippen LogP contribution in [0.15, 0.2) is 0 Å². The number of rotatable bonds is 3. The van der Waals surface area contributed by atoms with Crippen LogP contribution in [0.25, 0.3) is 0 Å². The highest BCUT2D eigenvalue weighted by molar-refractivity contribution is 5.03. The molecular weight excluding hydrogens is 208 g/mol. The maximum Gasteiger partial charge on any atom is 0.0360 e. The van der Waals surface area contributed by atoms with Crippen LogP contribution in [0.2, 0.25) is 0 Å². The monoisotopic (exact) mass is 238 g/mol. The van der Waals surface area contributed by atoms with Crippen molar-refractivity contribution < 1.29 is 0 Å². The van der Waals surface area contributed by atoms with Gasteiger partial charge in [-0.1, -0.05) is 26.7 Å². The van der Waals surface area contributed by atoms with Crippen molar-refractivity contribution in [3.8, 4) is 0 Å². The van der Waals surface area contributed by atoms with E-state index in [1.54, 1.807) is 0 Å². The van der Waals surface area contributed by atoms with E-state index in [9.17, 15) is 0 Å². The summed E-state index contributed by atoms with van der Waals surface area (Å²) in [7, 11) is 0. The first-order valence-corrected chi connectivity index (χ1v) is 7.61. The van der Waals surface area contributed by atoms with Crippen molar-refractivity contribution >= 4 is 0 Å². The van der Waals surface area contributed by atoms with Gasteiger partial charge in [-0.25, -0.2) is 0 Å². The second-order valence-electron chi connectivity index (χ2n) is 6.45. The van der Waals surface area contributed by atoms with Gasteiger partial charge in [0.05, 0.1) is 0 Å². The summed E-state index contributed by atoms with van der Waals surface area (Å²) in [5.41, 5.74) is 6.52. The van der Waals surface area contributed by atoms with Gasteiger partial charge in [0.1, 0.15) is 0 Å². The Kier molecular flexibility index (Phi) is 4.14. The van der Waals surface area contributed by atoms with E-state index < -0.39 is 0 Å². The van der Waals surface area contributed by atoms with E-state index in [2.05, 4.69) is 25.7 Å². The fourth-order valence-corrected chi connectivity index (χ4v) is 4.21. The van der Waals surface area contributed by atoms with Crippen molar-refractivity contribution in [3.63, 3.8) is 0 Å². The van der Waals surface area contributed by atoms with Crippen molar-refractivity contribution in [3.05, 3.63) is 0 Å². The Morgan fingerprint density at radius 1 is 1.24 bits per heavy atom. The molecule has 0 aromatic rings. The summed E-state index contributed by atoms with van der Waals surface area (Å²) in [6.07, 6.45) is 8.19. The number of hydrogen-bond donors (Lipinski definition) is 1. The van der Waals surface area contributed by atoms with Crippen molar-refractivity contribution in [1.29, 1.82) is 0 Å². The average Bonchev–Trinajstić information content (AvgIpc) is 2.72. The first-order chi connectivity index (χ1) is 8.14. The summed E-state index contributed by atoms with van der Waals surface area (Å²) >= 11 is 0. The number of nitrogens with zero attached hydrogens (tertiary/aromatic N) is 1. The predicted octanol–water partition coefficient (Wildman–Crippen LogP) is 3.01. The summed E-state index contributed by atoms with van der Waals surface area (Å²) < 4.78 is 0. The molecule has 0 amide bonds. The average molecular weight is 238 g/mol. The molecule has 0 aromatic carbocycles. The Morgan fingerprint density at radius 2 is 2.00 bits per heavy atom. The van der Waals surface area contributed by atoms with Crippen molar-refractivity contribution in [2.24, 2.45) is 17.6 Å². The van der Waals surface area contributed by atoms with Crippen LogP contribution in [0.1, 0.15) is 59.3 Å². The second kappa shape index (κ2) is 5.27. The third kappa shape index (κ3) is 2.26. The highest BCUT2D eigenvalue weighted by atomic mass is 15.2. The van der Waals surface area contributed by atoms with Gasteiger partial charge in [-0.15, -0.1) is 0 Å². The molecule has 1 saturated heterocycles. The van der Waals surface area contributed by atoms with E-state index in [1.165, 1.54) is 45.1 Å². The highest BCUT2D eigenvalue weighted by Crippen LogP contribution is 2.43. The molecule has 17 heavy (non-hydrogen) atoms. The maximum atomic E-state index is 6.20. The minimum atomic E-state index is 0.327. The second-order valence-corrected chi connectivity index (χ2v) is 6.45. The minimum absolute atomic E-state index is 0.327. The number of nitrogens with two attached hydrogens (primary N) is 1. The van der Waals surface area contributed by atoms with Crippen LogP contribution in [0.3, 0.4) is 0 Å². The molecule has 0 spiro atoms. The van der Waals surface area contributed by atoms with Crippen LogP contribution in [0, 0.1) is 11.8 Å². The van der Waals surface area contributed by atoms with Gasteiger partial charge in [-0.3, -0.25) is 4.90 Å². The van der Waals surface area contributed by atoms with Gasteiger partial charge in [-0.05, 0) is 44.4 Å². The molecular formula is C15H30N2. The lowest BCUT2D eigenvalue weighted by Crippen LogP contribution is -2.61. The van der Waals surface area contributed by atoms with Crippen molar-refractivity contribution in [2.75, 3.05) is 13.1 Å². The number of hydrogen-bond acceptors (Lipinski definition) is 2. The molecule has 1 aliphatic heterocycles. The van der Waals surface area contributed by atoms with Crippen LogP contribution < -0.4 is 5.73 Å². The van der Waals surface area contributed by atoms with Gasteiger partial charge in [-0.2, -0.15) is 0 Å². The molecule has 0 aromatic heterocycles. The van der Waals surface area contributed by atoms with Crippen LogP contribution >= 0.6 is 0 Å². The Balaban J connectivity index is 2.17. The predicted molar refractivity (Wildman–Crippen MR) is 74.0 cm³/mol. The van der Waals surface area contributed by atoms with Crippen LogP contribution in [-0.2, 0) is 0 Å². The molecule has 0 bridgehead atoms. The molecule has 2 fully saturated rings. The van der Waals surface area contributed by atoms with Gasteiger partial charge in [0, 0.05) is 24.7 Å². The topological polar surface area (TPSA) is 29.3 Å². The molecule has 4 unspecified atom stereocenters. The van der Waals surface area contributed by atoms with Crippen LogP contribution in [0.4, 0.5) is 0 Å². The largest absolute Gasteiger partial charge is 0.329 e. The molecule has 0 radical (unpaired) electrons. The summed E-state index contributed by atoms with van der Waals surface area (Å²) in [6, 6.07) is 0.738. The van der Waals surface area contributed by atoms with Crippen molar-refractivity contribution in [2.45, 2.75) is 70.9 Å². The molecule has 4 atom stereocenters. The molecule has 1 saturated carbocycles. The van der Waals surface area contributed by atoms with E-state index >= 15 is 0 Å². The smallest absolute Gasteiger partial charge is 0.0360 e. The normalized spacial score (nSPS) is 44.1. The van der Waals surface area contributed by atoms with E-state index in [-0.39, 0.29) is 0 Å². The quantitative estimate of drug-likeness (QED) is 0.819. The molecule has 2 aliphatic rings. The summed E-state index contributed by atoms with van der Waals surface area (Å²) in [4.78, 5) is 2.79. The fraction of sp³-hybridized carbons (Fsp3) is 1.00. The zero-order valence-electron chi connectivity index (χ0n) is 11.9. The zero-order valence-corrected chi connectivity index (χ0v) is 11.9. The molecule has 2 N–H and O–H groups in total. The van der Waals surface area contributed by atoms with Crippen LogP contribution in [0.5, 0.6) is 0 Å². The molecule has 2 heteroatoms. The zero-order chi connectivity index (χ0) is 12.5. The van der Waals surface area contributed by atoms with E-state index in [0.717, 1.165) is 24.4 Å². The van der Waals surface area contributed by atoms with Crippen molar-refractivity contribution in [1.82, 2.24) is 4.90 Å². The first kappa shape index (κ1) is 13.4. The third-order valence-electron chi connectivity index (χ3n) is 5.65. The Labute approximate surface area is 107 Å². The van der Waals surface area contributed by atoms with Gasteiger partial charge in [0.25, 0.3) is 0 Å². The Morgan fingerprint density at radius 3 is 2.53 bits per heavy atom. The SMILES string of the molecule is CCC1CCC(C)N(C2(CN)CCCC2C)C1. The van der Waals surface area contributed by atoms with E-state index in [1.807, 2.05) is 0 Å². The van der Waals surface area contributed by atoms with Gasteiger partial charge in [0.2, 0.25) is 0 Å². The van der Waals surface area contributed by atoms with Gasteiger partial charge < -0.3 is 5.73 Å². The first-order valence-electron chi connectivity index (χ1n) is 7.61. The maximum absolute atomic E-state index is 6.20. The lowest BCUT2D eigenvalue weighted by molar-refractivity contribution is -0.0130. The lowest BCUT2D eigenvalue weighted by atomic mass is 9.80. The molecule has 2 nitrogen and oxygen atoms in total. The number of likely N-dealkylation sites (tertiary alicyclic amines) is 1. The highest BCUT2D eigenvalue weighted by Gasteiger charge is 2.46. The van der Waals surface area contributed by atoms with Gasteiger partial charge in [0.15, 0.2) is 0 Å². The Hall–Kier alpha value is -0.0800. The molecule has 1 heterocycles. The molecule has 2 rings (SSSR count). The van der Waals surface area contributed by atoms with Gasteiger partial charge >= 0.3 is 0 Å². The lowest BCUT2D eigenvalue weighted by Gasteiger charge is -2.51. The number of piperidine rings is 1. The third-order valence-corrected chi connectivity index (χ3v) is 5.65. The fourth-order valence-electron chi connectivity index (χ4n) is 4.21. The molecule has 100 valence electrons. The minimum Gasteiger partial charge on any atom is -0.329 e. The van der Waals surface area contributed by atoms with Crippen LogP contribution in [-0.4, -0.2) is 29.6 Å². The summed E-state index contributed by atoms with van der Waals surface area (Å²) in [5.74, 6) is 1.69. The standard InChI is InChI=1S/C15H30N2/c1-4-14-8-7-13(3)17(10-14)15(11-16)9-5-6-12(15)2/h12-14H,4-11,16H2,1-3H3. The molecule has 1 aliphatic carbocycles. The Bertz CT molecular complexity index is 253. The van der Waals surface area contributed by atoms with E-state index in [0.29, 0.717) is 5.54 Å².